The van der Waals surface area contributed by atoms with Crippen LogP contribution in [0.3, 0.4) is 0 Å². The molecule has 0 unspecified atom stereocenters. The van der Waals surface area contributed by atoms with Gasteiger partial charge in [0.1, 0.15) is 0 Å². The smallest absolute Gasteiger partial charge is 0.339 e. The summed E-state index contributed by atoms with van der Waals surface area (Å²) in [6.07, 6.45) is -2.29. The molecule has 29 heavy (non-hydrogen) atoms. The third-order valence-corrected chi connectivity index (χ3v) is 5.10. The van der Waals surface area contributed by atoms with Crippen molar-refractivity contribution in [3.05, 3.63) is 59.8 Å². The van der Waals surface area contributed by atoms with Gasteiger partial charge in [0.15, 0.2) is 5.65 Å². The fourth-order valence-electron chi connectivity index (χ4n) is 3.47. The summed E-state index contributed by atoms with van der Waals surface area (Å²) in [7, 11) is 0. The molecule has 1 fully saturated rings. The van der Waals surface area contributed by atoms with Crippen LogP contribution >= 0.6 is 0 Å². The number of carbonyl (C=O) groups excluding carboxylic acids is 1. The van der Waals surface area contributed by atoms with Crippen molar-refractivity contribution in [3.63, 3.8) is 0 Å². The molecule has 1 aromatic carbocycles. The number of halogens is 3. The molecule has 0 aliphatic carbocycles. The highest BCUT2D eigenvalue weighted by molar-refractivity contribution is 5.76. The number of fused-ring (bicyclic) bond motifs is 1. The van der Waals surface area contributed by atoms with Gasteiger partial charge in [0.05, 0.1) is 5.56 Å². The Morgan fingerprint density at radius 2 is 1.69 bits per heavy atom. The molecule has 3 aromatic rings. The summed E-state index contributed by atoms with van der Waals surface area (Å²) in [5.41, 5.74) is 0.727. The first-order valence-corrected chi connectivity index (χ1v) is 9.40. The number of hydrogen-bond donors (Lipinski definition) is 0. The second-order valence-electron chi connectivity index (χ2n) is 7.00. The van der Waals surface area contributed by atoms with Crippen LogP contribution in [0.15, 0.2) is 48.7 Å². The largest absolute Gasteiger partial charge is 0.417 e. The van der Waals surface area contributed by atoms with E-state index < -0.39 is 11.7 Å². The minimum atomic E-state index is -4.43. The molecule has 0 bridgehead atoms. The number of nitrogens with zero attached hydrogens (tertiary/aromatic N) is 5. The SMILES string of the molecule is O=C(CCc1ccccc1)N1CCN(c2nnc3ccc(C(F)(F)F)cn23)CC1. The Hall–Kier alpha value is -3.10. The van der Waals surface area contributed by atoms with E-state index in [1.165, 1.54) is 10.5 Å². The fourth-order valence-corrected chi connectivity index (χ4v) is 3.47. The minimum Gasteiger partial charge on any atom is -0.339 e. The van der Waals surface area contributed by atoms with Gasteiger partial charge in [-0.2, -0.15) is 13.2 Å². The first kappa shape index (κ1) is 19.2. The van der Waals surface area contributed by atoms with Crippen LogP contribution < -0.4 is 4.90 Å². The molecule has 152 valence electrons. The van der Waals surface area contributed by atoms with Crippen molar-refractivity contribution in [3.8, 4) is 0 Å². The molecule has 1 amide bonds. The Balaban J connectivity index is 1.40. The number of alkyl halides is 3. The lowest BCUT2D eigenvalue weighted by molar-refractivity contribution is -0.138. The first-order valence-electron chi connectivity index (χ1n) is 9.40. The van der Waals surface area contributed by atoms with Gasteiger partial charge in [0, 0.05) is 38.8 Å². The predicted octanol–water partition coefficient (Wildman–Crippen LogP) is 3.03. The van der Waals surface area contributed by atoms with Crippen LogP contribution in [0.2, 0.25) is 0 Å². The van der Waals surface area contributed by atoms with Gasteiger partial charge in [0.2, 0.25) is 11.9 Å². The van der Waals surface area contributed by atoms with E-state index in [2.05, 4.69) is 10.2 Å². The number of aromatic nitrogens is 3. The van der Waals surface area contributed by atoms with Gasteiger partial charge in [-0.25, -0.2) is 0 Å². The van der Waals surface area contributed by atoms with Gasteiger partial charge in [-0.3, -0.25) is 9.20 Å². The number of piperazine rings is 1. The summed E-state index contributed by atoms with van der Waals surface area (Å²) in [6.45, 7) is 1.99. The number of rotatable bonds is 4. The lowest BCUT2D eigenvalue weighted by Gasteiger charge is -2.34. The first-order chi connectivity index (χ1) is 13.9. The summed E-state index contributed by atoms with van der Waals surface area (Å²) < 4.78 is 40.4. The maximum Gasteiger partial charge on any atom is 0.417 e. The average Bonchev–Trinajstić information content (AvgIpc) is 3.15. The highest BCUT2D eigenvalue weighted by atomic mass is 19.4. The third-order valence-electron chi connectivity index (χ3n) is 5.10. The van der Waals surface area contributed by atoms with Crippen LogP contribution in [0.1, 0.15) is 17.5 Å². The highest BCUT2D eigenvalue weighted by Gasteiger charge is 2.32. The lowest BCUT2D eigenvalue weighted by Crippen LogP contribution is -2.49. The van der Waals surface area contributed by atoms with E-state index in [-0.39, 0.29) is 5.91 Å². The maximum atomic E-state index is 13.0. The van der Waals surface area contributed by atoms with Gasteiger partial charge in [0.25, 0.3) is 0 Å². The topological polar surface area (TPSA) is 53.7 Å². The van der Waals surface area contributed by atoms with Crippen LogP contribution in [0.5, 0.6) is 0 Å². The molecule has 0 radical (unpaired) electrons. The van der Waals surface area contributed by atoms with Gasteiger partial charge < -0.3 is 9.80 Å². The number of hydrogen-bond acceptors (Lipinski definition) is 4. The zero-order chi connectivity index (χ0) is 20.4. The summed E-state index contributed by atoms with van der Waals surface area (Å²) in [5.74, 6) is 0.446. The van der Waals surface area contributed by atoms with Gasteiger partial charge in [-0.15, -0.1) is 10.2 Å². The van der Waals surface area contributed by atoms with Gasteiger partial charge >= 0.3 is 6.18 Å². The highest BCUT2D eigenvalue weighted by Crippen LogP contribution is 2.30. The summed E-state index contributed by atoms with van der Waals surface area (Å²) in [5, 5.41) is 8.01. The molecule has 9 heteroatoms. The minimum absolute atomic E-state index is 0.0824. The summed E-state index contributed by atoms with van der Waals surface area (Å²) in [6, 6.07) is 12.1. The van der Waals surface area contributed by atoms with E-state index in [0.29, 0.717) is 50.6 Å². The predicted molar refractivity (Wildman–Crippen MR) is 102 cm³/mol. The summed E-state index contributed by atoms with van der Waals surface area (Å²) >= 11 is 0. The van der Waals surface area contributed by atoms with Gasteiger partial charge in [-0.05, 0) is 24.1 Å². The van der Waals surface area contributed by atoms with E-state index in [4.69, 9.17) is 0 Å². The third kappa shape index (κ3) is 4.18. The Morgan fingerprint density at radius 1 is 0.966 bits per heavy atom. The zero-order valence-electron chi connectivity index (χ0n) is 15.6. The monoisotopic (exact) mass is 403 g/mol. The number of aryl methyl sites for hydroxylation is 1. The molecule has 2 aromatic heterocycles. The second-order valence-corrected chi connectivity index (χ2v) is 7.00. The van der Waals surface area contributed by atoms with Crippen LogP contribution in [-0.2, 0) is 17.4 Å². The standard InChI is InChI=1S/C20H20F3N5O/c21-20(22,23)16-7-8-17-24-25-19(28(17)14-16)27-12-10-26(11-13-27)18(29)9-6-15-4-2-1-3-5-15/h1-5,7-8,14H,6,9-13H2. The molecule has 3 heterocycles. The Labute approximate surface area is 165 Å². The van der Waals surface area contributed by atoms with Crippen molar-refractivity contribution in [1.29, 1.82) is 0 Å². The number of carbonyl (C=O) groups is 1. The Kier molecular flexibility index (Phi) is 5.12. The normalized spacial score (nSPS) is 15.1. The Morgan fingerprint density at radius 3 is 2.38 bits per heavy atom. The molecule has 4 rings (SSSR count). The van der Waals surface area contributed by atoms with Crippen molar-refractivity contribution < 1.29 is 18.0 Å². The Bertz CT molecular complexity index is 994. The van der Waals surface area contributed by atoms with E-state index in [1.807, 2.05) is 35.2 Å². The molecule has 0 saturated carbocycles. The maximum absolute atomic E-state index is 13.0. The van der Waals surface area contributed by atoms with Crippen LogP contribution in [0.4, 0.5) is 19.1 Å². The number of pyridine rings is 1. The number of anilines is 1. The van der Waals surface area contributed by atoms with E-state index in [0.717, 1.165) is 17.8 Å². The lowest BCUT2D eigenvalue weighted by atomic mass is 10.1. The molecule has 0 atom stereocenters. The average molecular weight is 403 g/mol. The van der Waals surface area contributed by atoms with E-state index in [1.54, 1.807) is 4.90 Å². The number of amides is 1. The molecule has 1 saturated heterocycles. The van der Waals surface area contributed by atoms with Gasteiger partial charge in [-0.1, -0.05) is 30.3 Å². The molecule has 6 nitrogen and oxygen atoms in total. The molecular formula is C20H20F3N5O. The molecule has 1 aliphatic rings. The van der Waals surface area contributed by atoms with Crippen molar-refractivity contribution in [2.75, 3.05) is 31.1 Å². The van der Waals surface area contributed by atoms with Crippen molar-refractivity contribution in [1.82, 2.24) is 19.5 Å². The van der Waals surface area contributed by atoms with Crippen LogP contribution in [-0.4, -0.2) is 51.6 Å². The quantitative estimate of drug-likeness (QED) is 0.672. The van der Waals surface area contributed by atoms with Crippen molar-refractivity contribution >= 4 is 17.5 Å². The number of benzene rings is 1. The fraction of sp³-hybridized carbons (Fsp3) is 0.350. The van der Waals surface area contributed by atoms with E-state index >= 15 is 0 Å². The zero-order valence-corrected chi connectivity index (χ0v) is 15.6. The second kappa shape index (κ2) is 7.73. The van der Waals surface area contributed by atoms with E-state index in [9.17, 15) is 18.0 Å². The molecule has 1 aliphatic heterocycles. The summed E-state index contributed by atoms with van der Waals surface area (Å²) in [4.78, 5) is 16.1. The van der Waals surface area contributed by atoms with Crippen molar-refractivity contribution in [2.45, 2.75) is 19.0 Å². The van der Waals surface area contributed by atoms with Crippen LogP contribution in [0, 0.1) is 0 Å². The molecule has 0 N–H and O–H groups in total. The van der Waals surface area contributed by atoms with Crippen molar-refractivity contribution in [2.24, 2.45) is 0 Å². The molecule has 0 spiro atoms. The van der Waals surface area contributed by atoms with Crippen LogP contribution in [0.25, 0.3) is 5.65 Å². The molecular weight excluding hydrogens is 383 g/mol.